The first-order chi connectivity index (χ1) is 15.7. The third-order valence-electron chi connectivity index (χ3n) is 6.51. The zero-order valence-electron chi connectivity index (χ0n) is 20.3. The molecule has 200 valence electrons. The van der Waals surface area contributed by atoms with Gasteiger partial charge >= 0.3 is 12.4 Å². The summed E-state index contributed by atoms with van der Waals surface area (Å²) < 4.78 is 78.0. The van der Waals surface area contributed by atoms with E-state index in [0.717, 1.165) is 37.7 Å². The smallest absolute Gasteiger partial charge is 0.379 e. The van der Waals surface area contributed by atoms with E-state index in [-0.39, 0.29) is 0 Å². The highest BCUT2D eigenvalue weighted by Crippen LogP contribution is 2.29. The second-order valence-corrected chi connectivity index (χ2v) is 9.24. The Bertz CT molecular complexity index is 661. The fourth-order valence-electron chi connectivity index (χ4n) is 4.14. The number of allylic oxidation sites excluding steroid dienone is 2. The monoisotopic (exact) mass is 501 g/mol. The topological polar surface area (TPSA) is 102 Å². The Morgan fingerprint density at radius 1 is 0.971 bits per heavy atom. The molecule has 0 aromatic carbocycles. The van der Waals surface area contributed by atoms with Crippen LogP contribution < -0.4 is 27.8 Å². The van der Waals surface area contributed by atoms with Crippen LogP contribution >= 0.6 is 0 Å². The SMILES string of the molecule is CCCCC(CC)CCC1=CC(C(CC(N)C(F)(F)F)NC)NC(C(N)CC(N)C(F)(F)F)=C1. The molecule has 0 aromatic rings. The molecule has 1 aliphatic rings. The molecule has 1 aliphatic heterocycles. The van der Waals surface area contributed by atoms with E-state index < -0.39 is 55.4 Å². The van der Waals surface area contributed by atoms with Crippen LogP contribution in [0.4, 0.5) is 26.3 Å². The lowest BCUT2D eigenvalue weighted by Crippen LogP contribution is -2.54. The molecule has 0 spiro atoms. The highest BCUT2D eigenvalue weighted by atomic mass is 19.4. The van der Waals surface area contributed by atoms with E-state index in [0.29, 0.717) is 18.0 Å². The lowest BCUT2D eigenvalue weighted by atomic mass is 9.88. The van der Waals surface area contributed by atoms with Gasteiger partial charge in [0.25, 0.3) is 0 Å². The molecule has 0 aliphatic carbocycles. The standard InChI is InChI=1S/C23H41F6N5/c1-4-6-7-14(5-2)8-9-15-10-17(16(30)12-20(31)22(24,25)26)34-19(11-15)18(33-3)13-21(32)23(27,28)29/h10-11,14,16,18-21,33-34H,4-9,12-13,30-32H2,1-3H3. The molecule has 5 nitrogen and oxygen atoms in total. The fraction of sp³-hybridized carbons (Fsp3) is 0.826. The zero-order valence-corrected chi connectivity index (χ0v) is 20.3. The normalized spacial score (nSPS) is 21.7. The first-order valence-corrected chi connectivity index (χ1v) is 12.0. The zero-order chi connectivity index (χ0) is 26.1. The van der Waals surface area contributed by atoms with Crippen LogP contribution in [0.1, 0.15) is 65.2 Å². The van der Waals surface area contributed by atoms with Crippen molar-refractivity contribution in [2.24, 2.45) is 23.1 Å². The van der Waals surface area contributed by atoms with E-state index in [1.54, 1.807) is 6.08 Å². The molecular weight excluding hydrogens is 460 g/mol. The van der Waals surface area contributed by atoms with Crippen molar-refractivity contribution < 1.29 is 26.3 Å². The van der Waals surface area contributed by atoms with E-state index in [1.807, 2.05) is 6.08 Å². The van der Waals surface area contributed by atoms with Crippen molar-refractivity contribution >= 4 is 0 Å². The van der Waals surface area contributed by atoms with Crippen LogP contribution in [-0.4, -0.2) is 49.6 Å². The van der Waals surface area contributed by atoms with Gasteiger partial charge in [-0.2, -0.15) is 26.3 Å². The molecule has 8 N–H and O–H groups in total. The number of halogens is 6. The summed E-state index contributed by atoms with van der Waals surface area (Å²) in [5.41, 5.74) is 17.9. The fourth-order valence-corrected chi connectivity index (χ4v) is 4.14. The largest absolute Gasteiger partial charge is 0.403 e. The number of dihydropyridines is 1. The predicted molar refractivity (Wildman–Crippen MR) is 124 cm³/mol. The Morgan fingerprint density at radius 3 is 2.06 bits per heavy atom. The minimum absolute atomic E-state index is 0.338. The molecule has 0 amide bonds. The van der Waals surface area contributed by atoms with Crippen LogP contribution in [0.25, 0.3) is 0 Å². The maximum Gasteiger partial charge on any atom is 0.403 e. The molecule has 0 fully saturated rings. The van der Waals surface area contributed by atoms with Crippen LogP contribution in [-0.2, 0) is 0 Å². The summed E-state index contributed by atoms with van der Waals surface area (Å²) in [5.74, 6) is 0.497. The molecule has 0 bridgehead atoms. The molecule has 11 heteroatoms. The van der Waals surface area contributed by atoms with E-state index in [2.05, 4.69) is 24.5 Å². The van der Waals surface area contributed by atoms with Crippen molar-refractivity contribution in [3.63, 3.8) is 0 Å². The van der Waals surface area contributed by atoms with Gasteiger partial charge in [-0.3, -0.25) is 0 Å². The summed E-state index contributed by atoms with van der Waals surface area (Å²) in [6.45, 7) is 4.24. The van der Waals surface area contributed by atoms with Gasteiger partial charge in [0.2, 0.25) is 0 Å². The van der Waals surface area contributed by atoms with Crippen LogP contribution in [0, 0.1) is 5.92 Å². The summed E-state index contributed by atoms with van der Waals surface area (Å²) in [6, 6.07) is -6.50. The number of hydrogen-bond donors (Lipinski definition) is 5. The average molecular weight is 502 g/mol. The van der Waals surface area contributed by atoms with Crippen LogP contribution in [0.15, 0.2) is 23.4 Å². The number of alkyl halides is 6. The average Bonchev–Trinajstić information content (AvgIpc) is 2.75. The summed E-state index contributed by atoms with van der Waals surface area (Å²) in [7, 11) is 1.53. The molecule has 34 heavy (non-hydrogen) atoms. The van der Waals surface area contributed by atoms with Crippen molar-refractivity contribution in [2.45, 2.75) is 108 Å². The van der Waals surface area contributed by atoms with Crippen molar-refractivity contribution in [1.82, 2.24) is 10.6 Å². The maximum absolute atomic E-state index is 13.1. The number of hydrogen-bond acceptors (Lipinski definition) is 5. The molecule has 1 rings (SSSR count). The van der Waals surface area contributed by atoms with Crippen molar-refractivity contribution in [3.8, 4) is 0 Å². The van der Waals surface area contributed by atoms with Gasteiger partial charge in [0.1, 0.15) is 12.1 Å². The molecule has 0 saturated heterocycles. The summed E-state index contributed by atoms with van der Waals surface area (Å²) in [4.78, 5) is 0. The van der Waals surface area contributed by atoms with Crippen molar-refractivity contribution in [2.75, 3.05) is 7.05 Å². The quantitative estimate of drug-likeness (QED) is 0.229. The number of rotatable bonds is 14. The number of likely N-dealkylation sites (N-methyl/N-ethyl adjacent to an activating group) is 1. The van der Waals surface area contributed by atoms with Gasteiger partial charge in [0, 0.05) is 17.8 Å². The van der Waals surface area contributed by atoms with E-state index in [4.69, 9.17) is 17.2 Å². The summed E-state index contributed by atoms with van der Waals surface area (Å²) in [5, 5.41) is 5.90. The third kappa shape index (κ3) is 10.1. The first-order valence-electron chi connectivity index (χ1n) is 12.0. The van der Waals surface area contributed by atoms with E-state index in [9.17, 15) is 26.3 Å². The highest BCUT2D eigenvalue weighted by Gasteiger charge is 2.40. The maximum atomic E-state index is 13.1. The van der Waals surface area contributed by atoms with Gasteiger partial charge in [-0.25, -0.2) is 0 Å². The molecule has 0 radical (unpaired) electrons. The molecule has 1 heterocycles. The van der Waals surface area contributed by atoms with E-state index in [1.165, 1.54) is 7.05 Å². The first kappa shape index (κ1) is 30.7. The molecule has 0 aromatic heterocycles. The molecule has 0 saturated carbocycles. The van der Waals surface area contributed by atoms with Crippen LogP contribution in [0.5, 0.6) is 0 Å². The van der Waals surface area contributed by atoms with Crippen molar-refractivity contribution in [1.29, 1.82) is 0 Å². The Labute approximate surface area is 198 Å². The number of nitrogens with two attached hydrogens (primary N) is 3. The van der Waals surface area contributed by atoms with Crippen LogP contribution in [0.2, 0.25) is 0 Å². The third-order valence-corrected chi connectivity index (χ3v) is 6.51. The Kier molecular flexibility index (Phi) is 12.4. The van der Waals surface area contributed by atoms with Gasteiger partial charge in [0.05, 0.1) is 6.04 Å². The molecule has 6 atom stereocenters. The van der Waals surface area contributed by atoms with Gasteiger partial charge in [-0.15, -0.1) is 0 Å². The molecular formula is C23H41F6N5. The number of unbranched alkanes of at least 4 members (excludes halogenated alkanes) is 1. The second kappa shape index (κ2) is 13.7. The lowest BCUT2D eigenvalue weighted by molar-refractivity contribution is -0.150. The second-order valence-electron chi connectivity index (χ2n) is 9.24. The minimum atomic E-state index is -4.59. The van der Waals surface area contributed by atoms with Gasteiger partial charge in [-0.1, -0.05) is 45.6 Å². The van der Waals surface area contributed by atoms with Crippen LogP contribution in [0.3, 0.4) is 0 Å². The number of nitrogens with one attached hydrogen (secondary N) is 2. The predicted octanol–water partition coefficient (Wildman–Crippen LogP) is 4.24. The summed E-state index contributed by atoms with van der Waals surface area (Å²) in [6.07, 6.45) is -0.723. The van der Waals surface area contributed by atoms with Gasteiger partial charge < -0.3 is 27.8 Å². The molecule has 6 unspecified atom stereocenters. The van der Waals surface area contributed by atoms with Crippen molar-refractivity contribution in [3.05, 3.63) is 23.4 Å². The van der Waals surface area contributed by atoms with Gasteiger partial charge in [-0.05, 0) is 50.3 Å². The highest BCUT2D eigenvalue weighted by molar-refractivity contribution is 5.33. The Hall–Kier alpha value is -1.30. The van der Waals surface area contributed by atoms with Gasteiger partial charge in [0.15, 0.2) is 0 Å². The Morgan fingerprint density at radius 2 is 1.56 bits per heavy atom. The van der Waals surface area contributed by atoms with E-state index >= 15 is 0 Å². The summed E-state index contributed by atoms with van der Waals surface area (Å²) >= 11 is 0. The Balaban J connectivity index is 3.10. The lowest BCUT2D eigenvalue weighted by Gasteiger charge is -2.35. The minimum Gasteiger partial charge on any atom is -0.379 e.